The molecule has 3 nitrogen and oxygen atoms in total. The van der Waals surface area contributed by atoms with Gasteiger partial charge in [-0.1, -0.05) is 17.7 Å². The van der Waals surface area contributed by atoms with Crippen LogP contribution in [0.5, 0.6) is 0 Å². The second-order valence-corrected chi connectivity index (χ2v) is 3.05. The van der Waals surface area contributed by atoms with Crippen molar-refractivity contribution in [2.75, 3.05) is 0 Å². The van der Waals surface area contributed by atoms with E-state index in [1.165, 1.54) is 0 Å². The average molecular weight is 194 g/mol. The van der Waals surface area contributed by atoms with Gasteiger partial charge in [0.15, 0.2) is 5.15 Å². The number of hydrogen-bond donors (Lipinski definition) is 1. The number of fused-ring (bicyclic) bond motifs is 1. The Bertz CT molecular complexity index is 408. The second kappa shape index (κ2) is 3.18. The fourth-order valence-electron chi connectivity index (χ4n) is 1.27. The molecule has 0 aliphatic carbocycles. The lowest BCUT2D eigenvalue weighted by Crippen LogP contribution is -1.90. The zero-order chi connectivity index (χ0) is 9.26. The zero-order valence-corrected chi connectivity index (χ0v) is 7.67. The summed E-state index contributed by atoms with van der Waals surface area (Å²) in [6.45, 7) is 3.67. The average Bonchev–Trinajstić information content (AvgIpc) is 2.51. The van der Waals surface area contributed by atoms with Crippen LogP contribution in [0, 0.1) is 0 Å². The summed E-state index contributed by atoms with van der Waals surface area (Å²) < 4.78 is 0. The molecular formula is C9H8ClN3. The molecule has 2 aliphatic heterocycles. The minimum absolute atomic E-state index is 0.434. The van der Waals surface area contributed by atoms with E-state index in [0.29, 0.717) is 5.15 Å². The molecule has 2 heterocycles. The topological polar surface area (TPSA) is 41.6 Å². The molecule has 66 valence electrons. The van der Waals surface area contributed by atoms with Crippen molar-refractivity contribution in [2.45, 2.75) is 6.42 Å². The summed E-state index contributed by atoms with van der Waals surface area (Å²) >= 11 is 5.85. The summed E-state index contributed by atoms with van der Waals surface area (Å²) in [5.74, 6) is 0. The first-order chi connectivity index (χ1) is 6.33. The Kier molecular flexibility index (Phi) is 2.02. The van der Waals surface area contributed by atoms with Gasteiger partial charge in [0.1, 0.15) is 5.69 Å². The maximum Gasteiger partial charge on any atom is 0.158 e. The second-order valence-electron chi connectivity index (χ2n) is 2.69. The molecule has 0 saturated heterocycles. The lowest BCUT2D eigenvalue weighted by molar-refractivity contribution is 1.14. The normalized spacial score (nSPS) is 10.5. The fraction of sp³-hybridized carbons (Fsp3) is 0.111. The minimum Gasteiger partial charge on any atom is -0.344 e. The number of allylic oxidation sites excluding steroid dienone is 1. The highest BCUT2D eigenvalue weighted by molar-refractivity contribution is 6.31. The number of nitrogens with one attached hydrogen (secondary N) is 1. The molecule has 0 aromatic rings. The fourth-order valence-corrected chi connectivity index (χ4v) is 1.46. The number of rotatable bonds is 2. The molecule has 13 heavy (non-hydrogen) atoms. The number of aromatic amines is 1. The third kappa shape index (κ3) is 1.31. The molecule has 0 atom stereocenters. The molecule has 0 aromatic heterocycles. The molecule has 0 radical (unpaired) electrons. The Balaban J connectivity index is 2.56. The van der Waals surface area contributed by atoms with Crippen LogP contribution < -0.4 is 0 Å². The molecule has 4 heteroatoms. The highest BCUT2D eigenvalue weighted by Gasteiger charge is 2.13. The molecule has 1 N–H and O–H groups in total. The van der Waals surface area contributed by atoms with Crippen LogP contribution in [0.3, 0.4) is 0 Å². The molecule has 0 amide bonds. The number of hydrogen-bond acceptors (Lipinski definition) is 2. The van der Waals surface area contributed by atoms with Crippen LogP contribution in [0.2, 0.25) is 5.15 Å². The van der Waals surface area contributed by atoms with E-state index < -0.39 is 0 Å². The third-order valence-electron chi connectivity index (χ3n) is 1.85. The molecule has 2 aliphatic rings. The quantitative estimate of drug-likeness (QED) is 0.587. The highest BCUT2D eigenvalue weighted by atomic mass is 35.5. The van der Waals surface area contributed by atoms with Crippen molar-refractivity contribution < 1.29 is 0 Å². The number of nitrogens with zero attached hydrogens (tertiary/aromatic N) is 2. The lowest BCUT2D eigenvalue weighted by atomic mass is 10.1. The van der Waals surface area contributed by atoms with Gasteiger partial charge in [-0.15, -0.1) is 6.58 Å². The Morgan fingerprint density at radius 1 is 1.54 bits per heavy atom. The van der Waals surface area contributed by atoms with Gasteiger partial charge in [-0.25, -0.2) is 4.98 Å². The van der Waals surface area contributed by atoms with E-state index in [1.807, 2.05) is 6.08 Å². The van der Waals surface area contributed by atoms with E-state index in [2.05, 4.69) is 21.5 Å². The molecule has 2 rings (SSSR count). The van der Waals surface area contributed by atoms with Gasteiger partial charge < -0.3 is 4.98 Å². The van der Waals surface area contributed by atoms with Gasteiger partial charge in [0.2, 0.25) is 0 Å². The summed E-state index contributed by atoms with van der Waals surface area (Å²) in [5, 5.41) is 0.434. The van der Waals surface area contributed by atoms with Crippen molar-refractivity contribution in [3.05, 3.63) is 35.9 Å². The van der Waals surface area contributed by atoms with Crippen LogP contribution in [-0.2, 0) is 6.42 Å². The van der Waals surface area contributed by atoms with E-state index in [4.69, 9.17) is 11.6 Å². The van der Waals surface area contributed by atoms with Crippen molar-refractivity contribution in [3.63, 3.8) is 0 Å². The van der Waals surface area contributed by atoms with Crippen LogP contribution in [0.15, 0.2) is 25.2 Å². The Hall–Kier alpha value is -1.35. The lowest BCUT2D eigenvalue weighted by Gasteiger charge is -2.00. The van der Waals surface area contributed by atoms with E-state index >= 15 is 0 Å². The van der Waals surface area contributed by atoms with E-state index in [-0.39, 0.29) is 0 Å². The smallest absolute Gasteiger partial charge is 0.158 e. The predicted octanol–water partition coefficient (Wildman–Crippen LogP) is 2.29. The molecule has 0 bridgehead atoms. The molecular weight excluding hydrogens is 186 g/mol. The largest absolute Gasteiger partial charge is 0.344 e. The summed E-state index contributed by atoms with van der Waals surface area (Å²) in [5.41, 5.74) is 2.76. The Morgan fingerprint density at radius 3 is 3.15 bits per heavy atom. The molecule has 0 aromatic carbocycles. The molecule has 0 fully saturated rings. The molecule has 0 spiro atoms. The SMILES string of the molecule is C=CCc1cnc2c(Cl)nc[nH]c1-2. The number of aromatic nitrogens is 3. The number of halogens is 1. The molecule has 0 saturated carbocycles. The van der Waals surface area contributed by atoms with Crippen LogP contribution in [0.1, 0.15) is 5.56 Å². The zero-order valence-electron chi connectivity index (χ0n) is 6.92. The Morgan fingerprint density at radius 2 is 2.38 bits per heavy atom. The first-order valence-corrected chi connectivity index (χ1v) is 4.28. The maximum atomic E-state index is 5.85. The van der Waals surface area contributed by atoms with Gasteiger partial charge in [0, 0.05) is 6.20 Å². The van der Waals surface area contributed by atoms with Crippen LogP contribution in [0.25, 0.3) is 11.4 Å². The summed E-state index contributed by atoms with van der Waals surface area (Å²) in [4.78, 5) is 11.1. The van der Waals surface area contributed by atoms with Crippen molar-refractivity contribution in [2.24, 2.45) is 0 Å². The summed E-state index contributed by atoms with van der Waals surface area (Å²) in [6.07, 6.45) is 5.97. The maximum absolute atomic E-state index is 5.85. The van der Waals surface area contributed by atoms with Gasteiger partial charge >= 0.3 is 0 Å². The van der Waals surface area contributed by atoms with Crippen LogP contribution in [-0.4, -0.2) is 15.0 Å². The van der Waals surface area contributed by atoms with Crippen molar-refractivity contribution in [3.8, 4) is 11.4 Å². The van der Waals surface area contributed by atoms with E-state index in [0.717, 1.165) is 23.4 Å². The predicted molar refractivity (Wildman–Crippen MR) is 51.9 cm³/mol. The van der Waals surface area contributed by atoms with Gasteiger partial charge in [-0.3, -0.25) is 4.98 Å². The van der Waals surface area contributed by atoms with E-state index in [1.54, 1.807) is 12.5 Å². The minimum atomic E-state index is 0.434. The first kappa shape index (κ1) is 8.26. The van der Waals surface area contributed by atoms with Gasteiger partial charge in [-0.05, 0) is 12.0 Å². The monoisotopic (exact) mass is 193 g/mol. The Labute approximate surface area is 80.8 Å². The van der Waals surface area contributed by atoms with E-state index in [9.17, 15) is 0 Å². The van der Waals surface area contributed by atoms with Crippen molar-refractivity contribution in [1.29, 1.82) is 0 Å². The van der Waals surface area contributed by atoms with Gasteiger partial charge in [0.05, 0.1) is 12.0 Å². The standard InChI is InChI=1S/C9H8ClN3/c1-2-3-6-4-11-8-7(6)12-5-13-9(8)10/h2,4-5H,1,3H2,(H,12,13). The van der Waals surface area contributed by atoms with Gasteiger partial charge in [0.25, 0.3) is 0 Å². The number of H-pyrrole nitrogens is 1. The van der Waals surface area contributed by atoms with Crippen LogP contribution >= 0.6 is 11.6 Å². The first-order valence-electron chi connectivity index (χ1n) is 3.90. The van der Waals surface area contributed by atoms with Crippen molar-refractivity contribution in [1.82, 2.24) is 15.0 Å². The van der Waals surface area contributed by atoms with Crippen LogP contribution in [0.4, 0.5) is 0 Å². The highest BCUT2D eigenvalue weighted by Crippen LogP contribution is 2.27. The third-order valence-corrected chi connectivity index (χ3v) is 2.13. The van der Waals surface area contributed by atoms with Crippen molar-refractivity contribution >= 4 is 11.6 Å². The summed E-state index contributed by atoms with van der Waals surface area (Å²) in [6, 6.07) is 0. The van der Waals surface area contributed by atoms with Gasteiger partial charge in [-0.2, -0.15) is 0 Å². The summed E-state index contributed by atoms with van der Waals surface area (Å²) in [7, 11) is 0. The molecule has 0 unspecified atom stereocenters.